The van der Waals surface area contributed by atoms with Gasteiger partial charge in [0.05, 0.1) is 6.54 Å². The molecule has 0 atom stereocenters. The molecule has 0 amide bonds. The number of hydrogen-bond acceptors (Lipinski definition) is 3. The van der Waals surface area contributed by atoms with Gasteiger partial charge in [-0.1, -0.05) is 23.7 Å². The minimum absolute atomic E-state index is 0.676. The molecule has 0 radical (unpaired) electrons. The van der Waals surface area contributed by atoms with Gasteiger partial charge in [-0.2, -0.15) is 5.10 Å². The quantitative estimate of drug-likeness (QED) is 0.874. The molecular formula is C12H13ClN4. The standard InChI is InChI=1S/C12H13ClN4/c13-9-3-1-2-8(6-9)12-15-11(16-17-12)7-14-10-4-5-10/h1-3,6,10,14H,4-5,7H2,(H,15,16,17). The number of nitrogens with one attached hydrogen (secondary N) is 2. The van der Waals surface area contributed by atoms with E-state index >= 15 is 0 Å². The Balaban J connectivity index is 1.74. The highest BCUT2D eigenvalue weighted by Crippen LogP contribution is 2.20. The lowest BCUT2D eigenvalue weighted by Crippen LogP contribution is -2.16. The van der Waals surface area contributed by atoms with E-state index in [9.17, 15) is 0 Å². The van der Waals surface area contributed by atoms with E-state index in [1.165, 1.54) is 12.8 Å². The fourth-order valence-corrected chi connectivity index (χ4v) is 1.85. The molecule has 4 nitrogen and oxygen atoms in total. The number of halogens is 1. The third-order valence-electron chi connectivity index (χ3n) is 2.75. The second-order valence-electron chi connectivity index (χ2n) is 4.27. The monoisotopic (exact) mass is 248 g/mol. The van der Waals surface area contributed by atoms with Crippen molar-refractivity contribution in [3.05, 3.63) is 35.1 Å². The lowest BCUT2D eigenvalue weighted by Gasteiger charge is -1.97. The highest BCUT2D eigenvalue weighted by atomic mass is 35.5. The zero-order valence-corrected chi connectivity index (χ0v) is 10.0. The topological polar surface area (TPSA) is 53.6 Å². The molecule has 0 unspecified atom stereocenters. The van der Waals surface area contributed by atoms with Crippen LogP contribution in [-0.4, -0.2) is 21.2 Å². The Kier molecular flexibility index (Phi) is 2.82. The first kappa shape index (κ1) is 10.7. The molecule has 0 aliphatic heterocycles. The maximum atomic E-state index is 5.93. The molecule has 1 fully saturated rings. The normalized spacial score (nSPS) is 15.1. The van der Waals surface area contributed by atoms with Crippen LogP contribution in [0.2, 0.25) is 5.02 Å². The van der Waals surface area contributed by atoms with Crippen LogP contribution < -0.4 is 5.32 Å². The fraction of sp³-hybridized carbons (Fsp3) is 0.333. The number of aromatic amines is 1. The highest BCUT2D eigenvalue weighted by molar-refractivity contribution is 6.30. The number of aromatic nitrogens is 3. The zero-order chi connectivity index (χ0) is 11.7. The van der Waals surface area contributed by atoms with Crippen LogP contribution >= 0.6 is 11.6 Å². The van der Waals surface area contributed by atoms with Gasteiger partial charge in [0.25, 0.3) is 0 Å². The van der Waals surface area contributed by atoms with Gasteiger partial charge in [-0.05, 0) is 25.0 Å². The van der Waals surface area contributed by atoms with Crippen molar-refractivity contribution in [2.75, 3.05) is 0 Å². The molecule has 1 saturated carbocycles. The van der Waals surface area contributed by atoms with Crippen LogP contribution in [0.25, 0.3) is 11.4 Å². The van der Waals surface area contributed by atoms with Gasteiger partial charge in [0.15, 0.2) is 5.82 Å². The van der Waals surface area contributed by atoms with Gasteiger partial charge in [-0.25, -0.2) is 4.98 Å². The van der Waals surface area contributed by atoms with E-state index in [1.807, 2.05) is 24.3 Å². The fourth-order valence-electron chi connectivity index (χ4n) is 1.66. The Morgan fingerprint density at radius 1 is 1.41 bits per heavy atom. The molecule has 0 spiro atoms. The van der Waals surface area contributed by atoms with Gasteiger partial charge in [-0.3, -0.25) is 5.10 Å². The van der Waals surface area contributed by atoms with Crippen LogP contribution in [0.5, 0.6) is 0 Å². The maximum absolute atomic E-state index is 5.93. The van der Waals surface area contributed by atoms with Crippen LogP contribution in [0.3, 0.4) is 0 Å². The lowest BCUT2D eigenvalue weighted by molar-refractivity contribution is 0.660. The van der Waals surface area contributed by atoms with Crippen molar-refractivity contribution in [2.24, 2.45) is 0 Å². The Labute approximate surface area is 104 Å². The molecule has 17 heavy (non-hydrogen) atoms. The summed E-state index contributed by atoms with van der Waals surface area (Å²) in [5.41, 5.74) is 0.937. The summed E-state index contributed by atoms with van der Waals surface area (Å²) < 4.78 is 0. The van der Waals surface area contributed by atoms with Gasteiger partial charge in [-0.15, -0.1) is 0 Å². The van der Waals surface area contributed by atoms with Crippen LogP contribution in [0.1, 0.15) is 18.7 Å². The summed E-state index contributed by atoms with van der Waals surface area (Å²) in [6.07, 6.45) is 2.55. The zero-order valence-electron chi connectivity index (χ0n) is 9.28. The number of nitrogens with zero attached hydrogens (tertiary/aromatic N) is 2. The maximum Gasteiger partial charge on any atom is 0.181 e. The van der Waals surface area contributed by atoms with Crippen LogP contribution in [-0.2, 0) is 6.54 Å². The molecule has 5 heteroatoms. The van der Waals surface area contributed by atoms with Gasteiger partial charge in [0.2, 0.25) is 0 Å². The van der Waals surface area contributed by atoms with Crippen molar-refractivity contribution < 1.29 is 0 Å². The Morgan fingerprint density at radius 3 is 3.06 bits per heavy atom. The Hall–Kier alpha value is -1.39. The van der Waals surface area contributed by atoms with E-state index < -0.39 is 0 Å². The molecule has 0 bridgehead atoms. The number of hydrogen-bond donors (Lipinski definition) is 2. The second-order valence-corrected chi connectivity index (χ2v) is 4.71. The summed E-state index contributed by atoms with van der Waals surface area (Å²) in [6.45, 7) is 0.748. The summed E-state index contributed by atoms with van der Waals surface area (Å²) >= 11 is 5.93. The molecule has 1 aromatic carbocycles. The molecule has 0 saturated heterocycles. The molecular weight excluding hydrogens is 236 g/mol. The molecule has 2 aromatic rings. The lowest BCUT2D eigenvalue weighted by atomic mass is 10.2. The van der Waals surface area contributed by atoms with Crippen LogP contribution in [0.4, 0.5) is 0 Å². The van der Waals surface area contributed by atoms with Crippen LogP contribution in [0, 0.1) is 0 Å². The van der Waals surface area contributed by atoms with Gasteiger partial charge >= 0.3 is 0 Å². The van der Waals surface area contributed by atoms with Crippen molar-refractivity contribution in [3.8, 4) is 11.4 Å². The van der Waals surface area contributed by atoms with Gasteiger partial charge in [0, 0.05) is 16.6 Å². The summed E-state index contributed by atoms with van der Waals surface area (Å²) in [4.78, 5) is 4.43. The Morgan fingerprint density at radius 2 is 2.29 bits per heavy atom. The SMILES string of the molecule is Clc1cccc(-c2n[nH]c(CNC3CC3)n2)c1. The Bertz CT molecular complexity index is 519. The van der Waals surface area contributed by atoms with E-state index in [0.29, 0.717) is 16.9 Å². The summed E-state index contributed by atoms with van der Waals surface area (Å²) in [7, 11) is 0. The van der Waals surface area contributed by atoms with Crippen molar-refractivity contribution in [2.45, 2.75) is 25.4 Å². The second kappa shape index (κ2) is 4.47. The van der Waals surface area contributed by atoms with E-state index in [1.54, 1.807) is 0 Å². The predicted octanol–water partition coefficient (Wildman–Crippen LogP) is 2.38. The highest BCUT2D eigenvalue weighted by Gasteiger charge is 2.20. The average molecular weight is 249 g/mol. The molecule has 2 N–H and O–H groups in total. The molecule has 1 aliphatic carbocycles. The molecule has 1 aromatic heterocycles. The first-order valence-electron chi connectivity index (χ1n) is 5.72. The van der Waals surface area contributed by atoms with Gasteiger partial charge < -0.3 is 5.32 Å². The van der Waals surface area contributed by atoms with Crippen molar-refractivity contribution in [1.29, 1.82) is 0 Å². The largest absolute Gasteiger partial charge is 0.307 e. The average Bonchev–Trinajstić information content (AvgIpc) is 3.04. The van der Waals surface area contributed by atoms with E-state index in [2.05, 4.69) is 20.5 Å². The van der Waals surface area contributed by atoms with Crippen LogP contribution in [0.15, 0.2) is 24.3 Å². The number of benzene rings is 1. The van der Waals surface area contributed by atoms with E-state index in [-0.39, 0.29) is 0 Å². The van der Waals surface area contributed by atoms with Crippen molar-refractivity contribution >= 4 is 11.6 Å². The summed E-state index contributed by atoms with van der Waals surface area (Å²) in [6, 6.07) is 8.23. The first-order chi connectivity index (χ1) is 8.31. The van der Waals surface area contributed by atoms with Crippen molar-refractivity contribution in [1.82, 2.24) is 20.5 Å². The van der Waals surface area contributed by atoms with Crippen molar-refractivity contribution in [3.63, 3.8) is 0 Å². The van der Waals surface area contributed by atoms with Gasteiger partial charge in [0.1, 0.15) is 5.82 Å². The molecule has 3 rings (SSSR count). The molecule has 1 aliphatic rings. The van der Waals surface area contributed by atoms with E-state index in [0.717, 1.165) is 17.9 Å². The molecule has 1 heterocycles. The summed E-state index contributed by atoms with van der Waals surface area (Å²) in [5.74, 6) is 1.56. The van der Waals surface area contributed by atoms with E-state index in [4.69, 9.17) is 11.6 Å². The minimum Gasteiger partial charge on any atom is -0.307 e. The minimum atomic E-state index is 0.676. The summed E-state index contributed by atoms with van der Waals surface area (Å²) in [5, 5.41) is 11.2. The third kappa shape index (κ3) is 2.65. The smallest absolute Gasteiger partial charge is 0.181 e. The number of H-pyrrole nitrogens is 1. The first-order valence-corrected chi connectivity index (χ1v) is 6.10. The third-order valence-corrected chi connectivity index (χ3v) is 2.99. The predicted molar refractivity (Wildman–Crippen MR) is 66.7 cm³/mol. The molecule has 88 valence electrons. The number of rotatable bonds is 4.